The fourth-order valence-corrected chi connectivity index (χ4v) is 1.71. The maximum Gasteiger partial charge on any atom is 0.408 e. The number of carbonyl (C=O) groups is 3. The number of Topliss-reactive ketones (excluding diaryl/α,β-unsaturated/α-hetero) is 1. The SMILES string of the molecule is CC.CCCC(=O)C(NC(=O)CNC(=O)OC(C)(C)C)C(C)C. The summed E-state index contributed by atoms with van der Waals surface area (Å²) in [6, 6.07) is -0.516. The number of amides is 2. The van der Waals surface area contributed by atoms with Gasteiger partial charge in [-0.3, -0.25) is 9.59 Å². The Morgan fingerprint density at radius 2 is 1.61 bits per heavy atom. The minimum absolute atomic E-state index is 0.00882. The van der Waals surface area contributed by atoms with Gasteiger partial charge < -0.3 is 15.4 Å². The van der Waals surface area contributed by atoms with Crippen LogP contribution in [-0.2, 0) is 14.3 Å². The first-order chi connectivity index (χ1) is 10.6. The maximum atomic E-state index is 11.9. The third-order valence-electron chi connectivity index (χ3n) is 2.62. The van der Waals surface area contributed by atoms with Crippen LogP contribution in [0.3, 0.4) is 0 Å². The topological polar surface area (TPSA) is 84.5 Å². The highest BCUT2D eigenvalue weighted by atomic mass is 16.6. The summed E-state index contributed by atoms with van der Waals surface area (Å²) in [7, 11) is 0. The Kier molecular flexibility index (Phi) is 12.3. The van der Waals surface area contributed by atoms with Gasteiger partial charge in [-0.1, -0.05) is 34.6 Å². The molecule has 0 radical (unpaired) electrons. The van der Waals surface area contributed by atoms with E-state index < -0.39 is 23.6 Å². The lowest BCUT2D eigenvalue weighted by molar-refractivity contribution is -0.128. The van der Waals surface area contributed by atoms with E-state index in [4.69, 9.17) is 4.74 Å². The van der Waals surface area contributed by atoms with Gasteiger partial charge in [0.15, 0.2) is 5.78 Å². The highest BCUT2D eigenvalue weighted by molar-refractivity contribution is 5.90. The highest BCUT2D eigenvalue weighted by Crippen LogP contribution is 2.07. The predicted molar refractivity (Wildman–Crippen MR) is 92.3 cm³/mol. The van der Waals surface area contributed by atoms with E-state index in [1.807, 2.05) is 34.6 Å². The maximum absolute atomic E-state index is 11.9. The van der Waals surface area contributed by atoms with Crippen LogP contribution >= 0.6 is 0 Å². The number of hydrogen-bond acceptors (Lipinski definition) is 4. The molecule has 0 aliphatic rings. The van der Waals surface area contributed by atoms with E-state index in [1.54, 1.807) is 20.8 Å². The summed E-state index contributed by atoms with van der Waals surface area (Å²) in [5.41, 5.74) is -0.613. The van der Waals surface area contributed by atoms with Crippen molar-refractivity contribution in [2.45, 2.75) is 79.9 Å². The largest absolute Gasteiger partial charge is 0.444 e. The Morgan fingerprint density at radius 3 is 2.00 bits per heavy atom. The second kappa shape index (κ2) is 11.9. The molecule has 136 valence electrons. The van der Waals surface area contributed by atoms with Crippen LogP contribution in [0.25, 0.3) is 0 Å². The lowest BCUT2D eigenvalue weighted by atomic mass is 9.97. The minimum Gasteiger partial charge on any atom is -0.444 e. The number of rotatable bonds is 7. The number of carbonyl (C=O) groups excluding carboxylic acids is 3. The fourth-order valence-electron chi connectivity index (χ4n) is 1.71. The molecular formula is C17H34N2O4. The molecule has 0 heterocycles. The van der Waals surface area contributed by atoms with Crippen LogP contribution in [0.5, 0.6) is 0 Å². The molecule has 6 heteroatoms. The fraction of sp³-hybridized carbons (Fsp3) is 0.824. The van der Waals surface area contributed by atoms with Crippen molar-refractivity contribution in [3.63, 3.8) is 0 Å². The number of nitrogens with one attached hydrogen (secondary N) is 2. The molecule has 0 saturated carbocycles. The van der Waals surface area contributed by atoms with Crippen molar-refractivity contribution >= 4 is 17.8 Å². The number of hydrogen-bond donors (Lipinski definition) is 2. The van der Waals surface area contributed by atoms with E-state index in [0.717, 1.165) is 6.42 Å². The molecule has 0 spiro atoms. The van der Waals surface area contributed by atoms with Crippen molar-refractivity contribution in [1.82, 2.24) is 10.6 Å². The lowest BCUT2D eigenvalue weighted by Gasteiger charge is -2.22. The van der Waals surface area contributed by atoms with E-state index in [0.29, 0.717) is 6.42 Å². The van der Waals surface area contributed by atoms with E-state index in [-0.39, 0.29) is 18.2 Å². The van der Waals surface area contributed by atoms with Gasteiger partial charge in [-0.15, -0.1) is 0 Å². The number of ketones is 1. The molecule has 0 aromatic heterocycles. The third-order valence-corrected chi connectivity index (χ3v) is 2.62. The molecule has 6 nitrogen and oxygen atoms in total. The molecule has 2 N–H and O–H groups in total. The van der Waals surface area contributed by atoms with Crippen LogP contribution in [0, 0.1) is 5.92 Å². The van der Waals surface area contributed by atoms with Crippen molar-refractivity contribution in [2.75, 3.05) is 6.54 Å². The summed E-state index contributed by atoms with van der Waals surface area (Å²) in [6.45, 7) is 14.7. The lowest BCUT2D eigenvalue weighted by Crippen LogP contribution is -2.48. The van der Waals surface area contributed by atoms with Crippen LogP contribution < -0.4 is 10.6 Å². The van der Waals surface area contributed by atoms with Crippen LogP contribution in [0.15, 0.2) is 0 Å². The van der Waals surface area contributed by atoms with Gasteiger partial charge in [0.25, 0.3) is 0 Å². The van der Waals surface area contributed by atoms with E-state index >= 15 is 0 Å². The molecular weight excluding hydrogens is 296 g/mol. The van der Waals surface area contributed by atoms with Crippen LogP contribution in [0.2, 0.25) is 0 Å². The first-order valence-electron chi connectivity index (χ1n) is 8.35. The first-order valence-corrected chi connectivity index (χ1v) is 8.35. The monoisotopic (exact) mass is 330 g/mol. The molecule has 0 saturated heterocycles. The average molecular weight is 330 g/mol. The summed E-state index contributed by atoms with van der Waals surface area (Å²) < 4.78 is 5.03. The Hall–Kier alpha value is -1.59. The Morgan fingerprint density at radius 1 is 1.09 bits per heavy atom. The highest BCUT2D eigenvalue weighted by Gasteiger charge is 2.23. The zero-order valence-corrected chi connectivity index (χ0v) is 15.9. The summed E-state index contributed by atoms with van der Waals surface area (Å²) in [5.74, 6) is -0.378. The molecule has 0 aromatic carbocycles. The minimum atomic E-state index is -0.654. The van der Waals surface area contributed by atoms with Crippen LogP contribution in [0.4, 0.5) is 4.79 Å². The van der Waals surface area contributed by atoms with Gasteiger partial charge in [-0.25, -0.2) is 4.79 Å². The molecule has 23 heavy (non-hydrogen) atoms. The normalized spacial score (nSPS) is 11.9. The summed E-state index contributed by atoms with van der Waals surface area (Å²) in [5, 5.41) is 5.03. The molecule has 0 aliphatic carbocycles. The zero-order valence-electron chi connectivity index (χ0n) is 15.9. The predicted octanol–water partition coefficient (Wildman–Crippen LogP) is 3.05. The molecule has 0 aliphatic heterocycles. The van der Waals surface area contributed by atoms with Crippen molar-refractivity contribution < 1.29 is 19.1 Å². The van der Waals surface area contributed by atoms with Gasteiger partial charge in [0, 0.05) is 6.42 Å². The smallest absolute Gasteiger partial charge is 0.408 e. The van der Waals surface area contributed by atoms with Crippen molar-refractivity contribution in [3.8, 4) is 0 Å². The first kappa shape index (κ1) is 23.7. The zero-order chi connectivity index (χ0) is 18.6. The molecule has 0 bridgehead atoms. The Labute approximate surface area is 140 Å². The molecule has 0 rings (SSSR count). The number of ether oxygens (including phenoxy) is 1. The van der Waals surface area contributed by atoms with Gasteiger partial charge in [0.05, 0.1) is 6.04 Å². The molecule has 0 aromatic rings. The van der Waals surface area contributed by atoms with Gasteiger partial charge in [0.2, 0.25) is 5.91 Å². The van der Waals surface area contributed by atoms with Crippen LogP contribution in [-0.4, -0.2) is 36.0 Å². The average Bonchev–Trinajstić information content (AvgIpc) is 2.42. The number of alkyl carbamates (subject to hydrolysis) is 1. The van der Waals surface area contributed by atoms with Gasteiger partial charge in [-0.05, 0) is 33.1 Å². The molecule has 2 amide bonds. The molecule has 1 atom stereocenters. The second-order valence-electron chi connectivity index (χ2n) is 6.36. The third kappa shape index (κ3) is 12.6. The second-order valence-corrected chi connectivity index (χ2v) is 6.36. The van der Waals surface area contributed by atoms with E-state index in [9.17, 15) is 14.4 Å². The standard InChI is InChI=1S/C15H28N2O4.C2H6/c1-7-8-11(18)13(10(2)3)17-12(19)9-16-14(20)21-15(4,5)6;1-2/h10,13H,7-9H2,1-6H3,(H,16,20)(H,17,19);1-2H3. The van der Waals surface area contributed by atoms with Gasteiger partial charge in [-0.2, -0.15) is 0 Å². The van der Waals surface area contributed by atoms with Crippen LogP contribution in [0.1, 0.15) is 68.2 Å². The molecule has 0 fully saturated rings. The van der Waals surface area contributed by atoms with Gasteiger partial charge >= 0.3 is 6.09 Å². The van der Waals surface area contributed by atoms with Gasteiger partial charge in [0.1, 0.15) is 12.1 Å². The Balaban J connectivity index is 0. The summed E-state index contributed by atoms with van der Waals surface area (Å²) >= 11 is 0. The summed E-state index contributed by atoms with van der Waals surface area (Å²) in [4.78, 5) is 35.2. The Bertz CT molecular complexity index is 373. The van der Waals surface area contributed by atoms with E-state index in [2.05, 4.69) is 10.6 Å². The molecule has 1 unspecified atom stereocenters. The van der Waals surface area contributed by atoms with Crippen molar-refractivity contribution in [2.24, 2.45) is 5.92 Å². The van der Waals surface area contributed by atoms with Crippen molar-refractivity contribution in [1.29, 1.82) is 0 Å². The quantitative estimate of drug-likeness (QED) is 0.751. The van der Waals surface area contributed by atoms with E-state index in [1.165, 1.54) is 0 Å². The van der Waals surface area contributed by atoms with Crippen molar-refractivity contribution in [3.05, 3.63) is 0 Å². The summed E-state index contributed by atoms with van der Waals surface area (Å²) in [6.07, 6.45) is 0.523.